The van der Waals surface area contributed by atoms with E-state index >= 15 is 0 Å². The molecule has 0 spiro atoms. The van der Waals surface area contributed by atoms with Gasteiger partial charge in [-0.15, -0.1) is 22.1 Å². The van der Waals surface area contributed by atoms with Crippen molar-refractivity contribution in [3.63, 3.8) is 0 Å². The van der Waals surface area contributed by atoms with Gasteiger partial charge >= 0.3 is 17.1 Å². The molecule has 8 bridgehead atoms. The number of sulfonamides is 4. The molecule has 4 N–H and O–H groups in total. The summed E-state index contributed by atoms with van der Waals surface area (Å²) in [7, 11) is -7.28. The Labute approximate surface area is 699 Å². The second-order valence-corrected chi connectivity index (χ2v) is 35.5. The zero-order chi connectivity index (χ0) is 87.4. The number of nitrogens with zero attached hydrogens (tertiary/aromatic N) is 8. The fourth-order valence-corrected chi connectivity index (χ4v) is 15.9. The van der Waals surface area contributed by atoms with Gasteiger partial charge in [-0.05, 0) is 202 Å². The number of hydrogen-bond acceptors (Lipinski definition) is 20. The Hall–Kier alpha value is -9.17. The number of benzene rings is 4. The first-order valence-electron chi connectivity index (χ1n) is 37.9. The molecule has 638 valence electrons. The Morgan fingerprint density at radius 2 is 0.462 bits per heavy atom. The number of nitrogens with one attached hydrogen (secondary N) is 4. The van der Waals surface area contributed by atoms with E-state index in [-0.39, 0.29) is 62.8 Å². The second-order valence-electron chi connectivity index (χ2n) is 28.4. The van der Waals surface area contributed by atoms with Gasteiger partial charge in [0.25, 0.3) is 0 Å². The molecule has 0 fully saturated rings. The van der Waals surface area contributed by atoms with E-state index in [1.807, 2.05) is 48.6 Å². The first-order valence-corrected chi connectivity index (χ1v) is 43.8. The number of aromatic nitrogens is 4. The molecule has 3 aromatic heterocycles. The van der Waals surface area contributed by atoms with Crippen LogP contribution in [0.1, 0.15) is 113 Å². The molecule has 0 saturated carbocycles. The molecule has 0 radical (unpaired) electrons. The fraction of sp³-hybridized carbons (Fsp3) is 0.402. The van der Waals surface area contributed by atoms with Crippen molar-refractivity contribution in [2.45, 2.75) is 110 Å². The molecule has 9 rings (SSSR count). The summed E-state index contributed by atoms with van der Waals surface area (Å²) < 4.78 is 125. The molecule has 117 heavy (non-hydrogen) atoms. The van der Waals surface area contributed by atoms with Crippen LogP contribution in [-0.4, -0.2) is 224 Å². The summed E-state index contributed by atoms with van der Waals surface area (Å²) in [5.41, 5.74) is 8.59. The number of quaternary nitrogens is 4. The van der Waals surface area contributed by atoms with Gasteiger partial charge in [-0.25, -0.2) is 62.5 Å². The van der Waals surface area contributed by atoms with Gasteiger partial charge < -0.3 is 77.4 Å². The van der Waals surface area contributed by atoms with Crippen molar-refractivity contribution in [1.82, 2.24) is 38.8 Å². The predicted molar refractivity (Wildman–Crippen MR) is 441 cm³/mol. The molecule has 5 heterocycles. The summed E-state index contributed by atoms with van der Waals surface area (Å²) in [4.78, 5) is 66.3. The Kier molecular flexibility index (Phi) is 39.8. The molecule has 7 aromatic rings. The minimum absolute atomic E-state index is 0. The third-order valence-corrected chi connectivity index (χ3v) is 26.2. The van der Waals surface area contributed by atoms with Crippen molar-refractivity contribution in [2.24, 2.45) is 0 Å². The van der Waals surface area contributed by atoms with E-state index in [0.717, 1.165) is 87.0 Å². The van der Waals surface area contributed by atoms with Crippen molar-refractivity contribution in [3.05, 3.63) is 144 Å². The van der Waals surface area contributed by atoms with Gasteiger partial charge in [0.2, 0.25) is 40.1 Å². The number of carbonyl (C=O) groups is 5. The Morgan fingerprint density at radius 3 is 0.650 bits per heavy atom. The summed E-state index contributed by atoms with van der Waals surface area (Å²) in [5, 5.41) is 44.4. The van der Waals surface area contributed by atoms with Crippen molar-refractivity contribution in [3.8, 4) is 44.5 Å². The summed E-state index contributed by atoms with van der Waals surface area (Å²) in [6.07, 6.45) is 7.47. The molecule has 2 aliphatic heterocycles. The van der Waals surface area contributed by atoms with Gasteiger partial charge in [0.1, 0.15) is 0 Å². The van der Waals surface area contributed by atoms with Crippen LogP contribution in [0, 0.1) is 0 Å². The molecule has 0 unspecified atom stereocenters. The van der Waals surface area contributed by atoms with Gasteiger partial charge in [-0.3, -0.25) is 0 Å². The standard InChI is InChI=1S/C72H96N12O8S4.5C2H4O2.Mn/c1-13-81(9,14-2)49-45-73-93(85,86)57-29-21-53(22-30-57)69-61-37-39-63(77-61)70(54-23-31-58(32-24-54)94(87,88)74-46-50-82(10,15-3)16-4)65-41-43-67(79-65)72(56-27-35-60(36-28-56)96(91,92)76-48-52-84(12,19-7)20-8)68-44-42-66(80-68)71(64-40-38-62(69)78-64)55-25-33-59(34-26-55)95(89,90)75-47-51-83(11,17-5)18-6;5*1-2(3)4;/h21-44,73-76H,13-20,45-52H2,1-12H3;5*1H3,(H,3,4);/q+2;;;;;;+3/p-5. The van der Waals surface area contributed by atoms with Crippen LogP contribution in [0.25, 0.3) is 90.9 Å². The minimum Gasteiger partial charge on any atom is -0.657 e. The van der Waals surface area contributed by atoms with Gasteiger partial charge in [-0.2, -0.15) is 0 Å². The number of carboxylic acid groups (broad SMARTS) is 5. The van der Waals surface area contributed by atoms with Gasteiger partial charge in [0, 0.05) is 35.4 Å². The molecule has 0 amide bonds. The molecule has 4 aromatic carbocycles. The van der Waals surface area contributed by atoms with Crippen molar-refractivity contribution >= 4 is 116 Å². The zero-order valence-corrected chi connectivity index (χ0v) is 74.1. The Bertz CT molecular complexity index is 4950. The molecule has 0 atom stereocenters. The molecular weight excluding hydrogens is 1620 g/mol. The van der Waals surface area contributed by atoms with Crippen LogP contribution < -0.4 is 54.4 Å². The van der Waals surface area contributed by atoms with Crippen LogP contribution in [0.15, 0.2) is 141 Å². The number of carbonyl (C=O) groups excluding carboxylic acids is 5. The minimum atomic E-state index is -3.92. The number of aliphatic carboxylic acids is 5. The quantitative estimate of drug-likeness (QED) is 0.0346. The average molecular weight is 1740 g/mol. The summed E-state index contributed by atoms with van der Waals surface area (Å²) in [5.74, 6) is -5.42. The Morgan fingerprint density at radius 1 is 0.299 bits per heavy atom. The maximum atomic E-state index is 13.9. The van der Waals surface area contributed by atoms with Crippen LogP contribution in [0.3, 0.4) is 0 Å². The van der Waals surface area contributed by atoms with E-state index in [4.69, 9.17) is 69.4 Å². The smallest absolute Gasteiger partial charge is 0.657 e. The zero-order valence-electron chi connectivity index (χ0n) is 69.6. The van der Waals surface area contributed by atoms with Crippen molar-refractivity contribution < 1.29 is 118 Å². The third-order valence-electron chi connectivity index (χ3n) is 20.3. The summed E-state index contributed by atoms with van der Waals surface area (Å²) >= 11 is 0. The third kappa shape index (κ3) is 30.9. The number of fused-ring (bicyclic) bond motifs is 8. The molecule has 0 aliphatic carbocycles. The van der Waals surface area contributed by atoms with E-state index in [9.17, 15) is 33.7 Å². The summed E-state index contributed by atoms with van der Waals surface area (Å²) in [6, 6.07) is 34.0. The number of carboxylic acids is 5. The van der Waals surface area contributed by atoms with Gasteiger partial charge in [0.15, 0.2) is 0 Å². The van der Waals surface area contributed by atoms with Crippen LogP contribution >= 0.6 is 0 Å². The van der Waals surface area contributed by atoms with E-state index in [2.05, 4.69) is 102 Å². The van der Waals surface area contributed by atoms with Crippen LogP contribution in [0.4, 0.5) is 0 Å². The average Bonchev–Trinajstić information content (AvgIpc) is 1.62. The van der Waals surface area contributed by atoms with Crippen LogP contribution in [0.5, 0.6) is 0 Å². The summed E-state index contributed by atoms with van der Waals surface area (Å²) in [6.45, 7) is 31.9. The van der Waals surface area contributed by atoms with E-state index in [0.29, 0.717) is 133 Å². The Balaban J connectivity index is 0.00000151. The van der Waals surface area contributed by atoms with E-state index in [1.54, 1.807) is 97.1 Å². The van der Waals surface area contributed by atoms with Crippen molar-refractivity contribution in [2.75, 3.05) is 133 Å². The van der Waals surface area contributed by atoms with Crippen LogP contribution in [0.2, 0.25) is 0 Å². The topological polar surface area (TPSA) is 439 Å². The number of rotatable bonds is 32. The molecule has 2 aliphatic rings. The largest absolute Gasteiger partial charge is 3.00 e. The number of likely N-dealkylation sites (N-methyl/N-ethyl adjacent to an activating group) is 4. The predicted octanol–water partition coefficient (Wildman–Crippen LogP) is 3.42. The van der Waals surface area contributed by atoms with Crippen molar-refractivity contribution in [1.29, 1.82) is 0 Å². The molecule has 35 heteroatoms. The normalized spacial score (nSPS) is 12.1. The first-order chi connectivity index (χ1) is 54.2. The van der Waals surface area contributed by atoms with Crippen LogP contribution in [-0.2, 0) is 81.1 Å². The SMILES string of the molecule is CC(=O)[O-].CC(=O)[O-].CC(=O)[O-].CC(=O)[O-].CC(=O)[O-].CC[N+](C)(CC)CCNS(=O)(=O)c1ccc(-c2c3nc(c(-c4ccc(S(=O)(=O)NCC[N+](C)(CC)CC)cc4)c4ccc([n-]4)c(-c4ccc(S(=O)(=O)NCC[N+](C)(CC)CC)cc4)c4ccc([n-]4)c(-c4ccc(S(=O)(=O)NCC[N+](C)(CC)CC)cc4)c4nc2C=C4)C=C3)cc1.[Mn+3]. The molecular formula is C82H111MnN12O18S4. The molecule has 0 saturated heterocycles. The first kappa shape index (κ1) is 102. The molecule has 30 nitrogen and oxygen atoms in total. The monoisotopic (exact) mass is 1730 g/mol. The fourth-order valence-electron chi connectivity index (χ4n) is 11.8. The van der Waals surface area contributed by atoms with Gasteiger partial charge in [-0.1, -0.05) is 72.8 Å². The van der Waals surface area contributed by atoms with E-state index in [1.165, 1.54) is 0 Å². The number of hydrogen-bond donors (Lipinski definition) is 4. The van der Waals surface area contributed by atoms with Gasteiger partial charge in [0.05, 0.1) is 175 Å². The second kappa shape index (κ2) is 45.7. The maximum Gasteiger partial charge on any atom is 3.00 e. The maximum absolute atomic E-state index is 13.9. The van der Waals surface area contributed by atoms with E-state index < -0.39 is 69.9 Å².